The van der Waals surface area contributed by atoms with Crippen LogP contribution >= 0.6 is 0 Å². The van der Waals surface area contributed by atoms with Crippen LogP contribution in [0.3, 0.4) is 0 Å². The van der Waals surface area contributed by atoms with Crippen LogP contribution in [0.4, 0.5) is 13.2 Å². The molecule has 2 aromatic rings. The number of aryl methyl sites for hydroxylation is 1. The van der Waals surface area contributed by atoms with Crippen LogP contribution in [0.5, 0.6) is 5.75 Å². The summed E-state index contributed by atoms with van der Waals surface area (Å²) in [6.07, 6.45) is -0.582. The molecule has 1 unspecified atom stereocenters. The Morgan fingerprint density at radius 3 is 2.61 bits per heavy atom. The Bertz CT molecular complexity index is 923. The minimum atomic E-state index is -4.82. The zero-order valence-corrected chi connectivity index (χ0v) is 17.3. The van der Waals surface area contributed by atoms with Crippen LogP contribution in [0.15, 0.2) is 36.8 Å². The van der Waals surface area contributed by atoms with Gasteiger partial charge in [-0.3, -0.25) is 9.59 Å². The van der Waals surface area contributed by atoms with E-state index in [9.17, 15) is 22.8 Å². The maximum Gasteiger partial charge on any atom is 0.573 e. The van der Waals surface area contributed by atoms with Gasteiger partial charge in [0.1, 0.15) is 11.4 Å². The van der Waals surface area contributed by atoms with E-state index in [1.54, 1.807) is 23.9 Å². The van der Waals surface area contributed by atoms with Gasteiger partial charge in [-0.15, -0.1) is 13.2 Å². The number of hydrogen-bond donors (Lipinski definition) is 0. The number of amides is 1. The van der Waals surface area contributed by atoms with Crippen molar-refractivity contribution in [3.05, 3.63) is 48.0 Å². The van der Waals surface area contributed by atoms with E-state index in [1.807, 2.05) is 0 Å². The first-order chi connectivity index (χ1) is 14.6. The molecule has 1 atom stereocenters. The van der Waals surface area contributed by atoms with Crippen molar-refractivity contribution >= 4 is 11.7 Å². The highest BCUT2D eigenvalue weighted by Crippen LogP contribution is 2.26. The smallest absolute Gasteiger partial charge is 0.406 e. The standard InChI is InChI=1S/C21H24F3N3O4/c1-14(28)19(11-15-4-3-5-17(10-15)31-21(22,23)24)27(16-6-8-30-9-7-16)20(29)18-12-26(2)13-25-18/h3-5,10,12-13,16,19H,6-9,11H2,1-2H3. The maximum atomic E-state index is 13.3. The van der Waals surface area contributed by atoms with Gasteiger partial charge in [0.05, 0.1) is 12.4 Å². The molecule has 0 aliphatic carbocycles. The Hall–Kier alpha value is -2.88. The van der Waals surface area contributed by atoms with E-state index in [2.05, 4.69) is 9.72 Å². The molecule has 1 fully saturated rings. The van der Waals surface area contributed by atoms with Crippen LogP contribution in [0.2, 0.25) is 0 Å². The van der Waals surface area contributed by atoms with Crippen molar-refractivity contribution in [2.24, 2.45) is 7.05 Å². The van der Waals surface area contributed by atoms with Gasteiger partial charge in [0.25, 0.3) is 5.91 Å². The van der Waals surface area contributed by atoms with Gasteiger partial charge in [-0.1, -0.05) is 12.1 Å². The number of ketones is 1. The van der Waals surface area contributed by atoms with Crippen LogP contribution in [0.1, 0.15) is 35.8 Å². The van der Waals surface area contributed by atoms with Gasteiger partial charge in [-0.2, -0.15) is 0 Å². The molecule has 10 heteroatoms. The summed E-state index contributed by atoms with van der Waals surface area (Å²) in [6.45, 7) is 2.28. The van der Waals surface area contributed by atoms with Gasteiger partial charge in [-0.05, 0) is 37.5 Å². The molecule has 0 radical (unpaired) electrons. The molecule has 1 aromatic carbocycles. The molecule has 31 heavy (non-hydrogen) atoms. The van der Waals surface area contributed by atoms with Crippen LogP contribution in [0.25, 0.3) is 0 Å². The molecular weight excluding hydrogens is 415 g/mol. The highest BCUT2D eigenvalue weighted by Gasteiger charge is 2.36. The monoisotopic (exact) mass is 439 g/mol. The SMILES string of the molecule is CC(=O)C(Cc1cccc(OC(F)(F)F)c1)N(C(=O)c1cn(C)cn1)C1CCOCC1. The average molecular weight is 439 g/mol. The summed E-state index contributed by atoms with van der Waals surface area (Å²) >= 11 is 0. The first-order valence-electron chi connectivity index (χ1n) is 9.87. The number of carbonyl (C=O) groups excluding carboxylic acids is 2. The van der Waals surface area contributed by atoms with E-state index in [1.165, 1.54) is 36.4 Å². The van der Waals surface area contributed by atoms with E-state index >= 15 is 0 Å². The molecule has 168 valence electrons. The molecule has 0 spiro atoms. The lowest BCUT2D eigenvalue weighted by atomic mass is 9.96. The Balaban J connectivity index is 1.91. The second kappa shape index (κ2) is 9.51. The van der Waals surface area contributed by atoms with Crippen molar-refractivity contribution in [3.63, 3.8) is 0 Å². The summed E-state index contributed by atoms with van der Waals surface area (Å²) in [5.74, 6) is -1.03. The normalized spacial score (nSPS) is 16.0. The molecule has 1 aromatic heterocycles. The summed E-state index contributed by atoms with van der Waals surface area (Å²) in [7, 11) is 1.73. The largest absolute Gasteiger partial charge is 0.573 e. The number of alkyl halides is 3. The third-order valence-electron chi connectivity index (χ3n) is 5.11. The molecule has 2 heterocycles. The number of rotatable bonds is 7. The zero-order chi connectivity index (χ0) is 22.6. The number of halogens is 3. The second-order valence-electron chi connectivity index (χ2n) is 7.51. The number of benzene rings is 1. The summed E-state index contributed by atoms with van der Waals surface area (Å²) in [6, 6.07) is 4.34. The molecule has 1 saturated heterocycles. The lowest BCUT2D eigenvalue weighted by molar-refractivity contribution is -0.274. The van der Waals surface area contributed by atoms with Crippen LogP contribution in [-0.2, 0) is 23.0 Å². The first kappa shape index (κ1) is 22.8. The fourth-order valence-electron chi connectivity index (χ4n) is 3.71. The number of ether oxygens (including phenoxy) is 2. The predicted molar refractivity (Wildman–Crippen MR) is 105 cm³/mol. The van der Waals surface area contributed by atoms with Gasteiger partial charge in [0.2, 0.25) is 0 Å². The summed E-state index contributed by atoms with van der Waals surface area (Å²) in [5, 5.41) is 0. The third-order valence-corrected chi connectivity index (χ3v) is 5.11. The first-order valence-corrected chi connectivity index (χ1v) is 9.87. The fourth-order valence-corrected chi connectivity index (χ4v) is 3.71. The molecule has 0 bridgehead atoms. The number of nitrogens with zero attached hydrogens (tertiary/aromatic N) is 3. The van der Waals surface area contributed by atoms with Crippen molar-refractivity contribution in [2.75, 3.05) is 13.2 Å². The minimum Gasteiger partial charge on any atom is -0.406 e. The van der Waals surface area contributed by atoms with Gasteiger partial charge in [-0.25, -0.2) is 4.98 Å². The number of carbonyl (C=O) groups is 2. The van der Waals surface area contributed by atoms with Crippen LogP contribution in [-0.4, -0.2) is 57.8 Å². The fraction of sp³-hybridized carbons (Fsp3) is 0.476. The van der Waals surface area contributed by atoms with E-state index in [-0.39, 0.29) is 29.7 Å². The molecule has 1 aliphatic rings. The lowest BCUT2D eigenvalue weighted by Crippen LogP contribution is -2.53. The summed E-state index contributed by atoms with van der Waals surface area (Å²) in [4.78, 5) is 31.6. The van der Waals surface area contributed by atoms with E-state index in [4.69, 9.17) is 4.74 Å². The van der Waals surface area contributed by atoms with Crippen molar-refractivity contribution in [2.45, 2.75) is 44.6 Å². The Morgan fingerprint density at radius 2 is 2.03 bits per heavy atom. The Morgan fingerprint density at radius 1 is 1.32 bits per heavy atom. The molecule has 0 N–H and O–H groups in total. The van der Waals surface area contributed by atoms with E-state index < -0.39 is 18.3 Å². The van der Waals surface area contributed by atoms with E-state index in [0.717, 1.165) is 0 Å². The number of aromatic nitrogens is 2. The van der Waals surface area contributed by atoms with Gasteiger partial charge < -0.3 is 18.9 Å². The topological polar surface area (TPSA) is 73.7 Å². The van der Waals surface area contributed by atoms with Gasteiger partial charge >= 0.3 is 6.36 Å². The number of imidazole rings is 1. The van der Waals surface area contributed by atoms with Crippen LogP contribution in [0, 0.1) is 0 Å². The molecule has 3 rings (SSSR count). The third kappa shape index (κ3) is 6.06. The Kier molecular flexibility index (Phi) is 6.99. The van der Waals surface area contributed by atoms with Crippen molar-refractivity contribution in [1.29, 1.82) is 0 Å². The van der Waals surface area contributed by atoms with Crippen LogP contribution < -0.4 is 4.74 Å². The van der Waals surface area contributed by atoms with Crippen molar-refractivity contribution < 1.29 is 32.2 Å². The number of Topliss-reactive ketones (excluding diaryl/α,β-unsaturated/α-hetero) is 1. The van der Waals surface area contributed by atoms with Crippen molar-refractivity contribution in [1.82, 2.24) is 14.5 Å². The van der Waals surface area contributed by atoms with Gasteiger partial charge in [0, 0.05) is 38.9 Å². The summed E-state index contributed by atoms with van der Waals surface area (Å²) in [5.41, 5.74) is 0.655. The number of hydrogen-bond acceptors (Lipinski definition) is 5. The van der Waals surface area contributed by atoms with Crippen molar-refractivity contribution in [3.8, 4) is 5.75 Å². The molecule has 1 aliphatic heterocycles. The average Bonchev–Trinajstić information content (AvgIpc) is 3.13. The second-order valence-corrected chi connectivity index (χ2v) is 7.51. The highest BCUT2D eigenvalue weighted by molar-refractivity contribution is 5.96. The lowest BCUT2D eigenvalue weighted by Gasteiger charge is -2.38. The van der Waals surface area contributed by atoms with E-state index in [0.29, 0.717) is 31.6 Å². The predicted octanol–water partition coefficient (Wildman–Crippen LogP) is 3.14. The maximum absolute atomic E-state index is 13.3. The highest BCUT2D eigenvalue weighted by atomic mass is 19.4. The van der Waals surface area contributed by atoms with Gasteiger partial charge in [0.15, 0.2) is 5.78 Å². The Labute approximate surface area is 177 Å². The molecule has 0 saturated carbocycles. The molecule has 1 amide bonds. The molecular formula is C21H24F3N3O4. The zero-order valence-electron chi connectivity index (χ0n) is 17.3. The summed E-state index contributed by atoms with van der Waals surface area (Å²) < 4.78 is 48.8. The minimum absolute atomic E-state index is 0.0559. The molecule has 7 nitrogen and oxygen atoms in total. The quantitative estimate of drug-likeness (QED) is 0.663.